The molecule has 5 rings (SSSR count). The summed E-state index contributed by atoms with van der Waals surface area (Å²) in [7, 11) is 0. The Morgan fingerprint density at radius 3 is 1.28 bits per heavy atom. The third kappa shape index (κ3) is 7.65. The van der Waals surface area contributed by atoms with Crippen molar-refractivity contribution in [2.24, 2.45) is 0 Å². The van der Waals surface area contributed by atoms with Gasteiger partial charge >= 0.3 is 0 Å². The smallest absolute Gasteiger partial charge is 0.0219 e. The van der Waals surface area contributed by atoms with Crippen LogP contribution in [0, 0.1) is 0 Å². The maximum absolute atomic E-state index is 3.68. The normalized spacial score (nSPS) is 15.0. The van der Waals surface area contributed by atoms with Crippen LogP contribution >= 0.6 is 15.9 Å². The first-order valence-corrected chi connectivity index (χ1v) is 16.8. The van der Waals surface area contributed by atoms with Gasteiger partial charge in [0.2, 0.25) is 0 Å². The van der Waals surface area contributed by atoms with Crippen molar-refractivity contribution in [1.82, 2.24) is 0 Å². The van der Waals surface area contributed by atoms with Gasteiger partial charge in [0.1, 0.15) is 0 Å². The Labute approximate surface area is 272 Å². The van der Waals surface area contributed by atoms with Gasteiger partial charge in [0.05, 0.1) is 0 Å². The Morgan fingerprint density at radius 1 is 0.465 bits per heavy atom. The molecule has 3 aromatic rings. The lowest BCUT2D eigenvalue weighted by molar-refractivity contribution is 0.569. The lowest BCUT2D eigenvalue weighted by atomic mass is 9.77. The Bertz CT molecular complexity index is 1560. The van der Waals surface area contributed by atoms with E-state index < -0.39 is 0 Å². The van der Waals surface area contributed by atoms with Gasteiger partial charge in [-0.2, -0.15) is 0 Å². The predicted molar refractivity (Wildman–Crippen MR) is 196 cm³/mol. The molecule has 0 fully saturated rings. The van der Waals surface area contributed by atoms with Crippen LogP contribution in [0.3, 0.4) is 0 Å². The van der Waals surface area contributed by atoms with E-state index in [4.69, 9.17) is 0 Å². The molecule has 0 spiro atoms. The lowest BCUT2D eigenvalue weighted by Gasteiger charge is -2.27. The number of hydrogen-bond donors (Lipinski definition) is 0. The van der Waals surface area contributed by atoms with E-state index in [-0.39, 0.29) is 21.7 Å². The van der Waals surface area contributed by atoms with Gasteiger partial charge < -0.3 is 0 Å². The van der Waals surface area contributed by atoms with Crippen molar-refractivity contribution >= 4 is 28.1 Å². The molecule has 0 atom stereocenters. The number of halogens is 1. The van der Waals surface area contributed by atoms with Crippen LogP contribution in [0.15, 0.2) is 58.1 Å². The zero-order valence-electron chi connectivity index (χ0n) is 29.5. The van der Waals surface area contributed by atoms with Crippen LogP contribution in [-0.4, -0.2) is 0 Å². The van der Waals surface area contributed by atoms with Gasteiger partial charge in [-0.3, -0.25) is 0 Å². The summed E-state index contributed by atoms with van der Waals surface area (Å²) in [5.74, 6) is 0. The van der Waals surface area contributed by atoms with Gasteiger partial charge in [0, 0.05) is 4.47 Å². The van der Waals surface area contributed by atoms with Crippen LogP contribution in [0.4, 0.5) is 0 Å². The van der Waals surface area contributed by atoms with E-state index >= 15 is 0 Å². The zero-order valence-corrected chi connectivity index (χ0v) is 31.1. The molecule has 0 saturated heterocycles. The third-order valence-electron chi connectivity index (χ3n) is 8.94. The van der Waals surface area contributed by atoms with E-state index in [1.165, 1.54) is 71.3 Å². The molecule has 0 aromatic heterocycles. The maximum atomic E-state index is 3.68. The van der Waals surface area contributed by atoms with E-state index in [1.54, 1.807) is 0 Å². The first-order valence-electron chi connectivity index (χ1n) is 16.0. The molecular weight excluding hydrogens is 584 g/mol. The summed E-state index contributed by atoms with van der Waals surface area (Å²) in [6.07, 6.45) is 6.85. The van der Waals surface area contributed by atoms with Crippen molar-refractivity contribution in [1.29, 1.82) is 0 Å². The highest BCUT2D eigenvalue weighted by atomic mass is 79.9. The Hall–Kier alpha value is -2.38. The van der Waals surface area contributed by atoms with Gasteiger partial charge in [-0.15, -0.1) is 0 Å². The largest absolute Gasteiger partial charge is 0.0683 e. The minimum Gasteiger partial charge on any atom is -0.0683 e. The van der Waals surface area contributed by atoms with Crippen LogP contribution in [0.2, 0.25) is 0 Å². The second-order valence-electron chi connectivity index (χ2n) is 17.3. The predicted octanol–water partition coefficient (Wildman–Crippen LogP) is 12.9. The average molecular weight is 640 g/mol. The minimum absolute atomic E-state index is 0.134. The standard InChI is InChI=1S/C28H38.C14H17Br/c1-18-11-19-13-23(28(8,9)10)17-25(24(19)12-18)20-14-21(26(2,3)4)16-22(15-20)27(5,6)7;1-9-5-10-7-11(14(2,3)4)8-13(15)12(10)6-9/h11,13-17H,12H2,1-10H3;5,7-8H,6H2,1-4H3. The van der Waals surface area contributed by atoms with Crippen molar-refractivity contribution in [2.75, 3.05) is 0 Å². The molecule has 2 aliphatic carbocycles. The van der Waals surface area contributed by atoms with Gasteiger partial charge in [-0.05, 0) is 110 Å². The first kappa shape index (κ1) is 33.5. The quantitative estimate of drug-likeness (QED) is 0.249. The van der Waals surface area contributed by atoms with Crippen LogP contribution in [0.1, 0.15) is 141 Å². The molecule has 3 aromatic carbocycles. The molecule has 2 aliphatic rings. The van der Waals surface area contributed by atoms with E-state index in [2.05, 4.69) is 167 Å². The molecular formula is C42H55Br. The molecule has 0 radical (unpaired) electrons. The van der Waals surface area contributed by atoms with Crippen LogP contribution in [-0.2, 0) is 34.5 Å². The van der Waals surface area contributed by atoms with Crippen LogP contribution in [0.25, 0.3) is 23.3 Å². The van der Waals surface area contributed by atoms with Crippen molar-refractivity contribution in [3.63, 3.8) is 0 Å². The van der Waals surface area contributed by atoms with E-state index in [9.17, 15) is 0 Å². The van der Waals surface area contributed by atoms with Gasteiger partial charge in [0.25, 0.3) is 0 Å². The molecule has 43 heavy (non-hydrogen) atoms. The highest BCUT2D eigenvalue weighted by Crippen LogP contribution is 2.41. The number of fused-ring (bicyclic) bond motifs is 2. The van der Waals surface area contributed by atoms with Gasteiger partial charge in [-0.25, -0.2) is 0 Å². The molecule has 0 saturated carbocycles. The van der Waals surface area contributed by atoms with Crippen molar-refractivity contribution in [3.05, 3.63) is 103 Å². The average Bonchev–Trinajstić information content (AvgIpc) is 3.42. The molecule has 0 nitrogen and oxygen atoms in total. The number of benzene rings is 3. The Morgan fingerprint density at radius 2 is 0.837 bits per heavy atom. The van der Waals surface area contributed by atoms with Crippen molar-refractivity contribution < 1.29 is 0 Å². The number of rotatable bonds is 1. The van der Waals surface area contributed by atoms with Gasteiger partial charge in [0.15, 0.2) is 0 Å². The fraction of sp³-hybridized carbons (Fsp3) is 0.476. The van der Waals surface area contributed by atoms with E-state index in [0.717, 1.165) is 12.8 Å². The second kappa shape index (κ2) is 11.5. The topological polar surface area (TPSA) is 0 Å². The summed E-state index contributed by atoms with van der Waals surface area (Å²) < 4.78 is 1.26. The molecule has 0 bridgehead atoms. The third-order valence-corrected chi connectivity index (χ3v) is 9.65. The maximum Gasteiger partial charge on any atom is 0.0219 e. The fourth-order valence-corrected chi connectivity index (χ4v) is 6.57. The van der Waals surface area contributed by atoms with Crippen molar-refractivity contribution in [3.8, 4) is 11.1 Å². The molecule has 0 unspecified atom stereocenters. The zero-order chi connectivity index (χ0) is 32.3. The van der Waals surface area contributed by atoms with Crippen molar-refractivity contribution in [2.45, 2.75) is 131 Å². The first-order chi connectivity index (χ1) is 19.5. The van der Waals surface area contributed by atoms with E-state index in [1.807, 2.05) is 0 Å². The summed E-state index contributed by atoms with van der Waals surface area (Å²) in [6.45, 7) is 32.1. The molecule has 0 N–H and O–H groups in total. The summed E-state index contributed by atoms with van der Waals surface area (Å²) in [4.78, 5) is 0. The Kier molecular flexibility index (Phi) is 8.98. The molecule has 0 amide bonds. The fourth-order valence-electron chi connectivity index (χ4n) is 5.96. The number of allylic oxidation sites excluding steroid dienone is 2. The highest BCUT2D eigenvalue weighted by Gasteiger charge is 2.25. The minimum atomic E-state index is 0.134. The lowest BCUT2D eigenvalue weighted by Crippen LogP contribution is -2.17. The summed E-state index contributed by atoms with van der Waals surface area (Å²) in [5.41, 5.74) is 17.8. The van der Waals surface area contributed by atoms with Crippen LogP contribution in [0.5, 0.6) is 0 Å². The Balaban J connectivity index is 0.000000237. The highest BCUT2D eigenvalue weighted by molar-refractivity contribution is 9.10. The summed E-state index contributed by atoms with van der Waals surface area (Å²) in [6, 6.07) is 16.8. The molecule has 1 heteroatoms. The van der Waals surface area contributed by atoms with Crippen LogP contribution < -0.4 is 0 Å². The molecule has 0 aliphatic heterocycles. The molecule has 0 heterocycles. The second-order valence-corrected chi connectivity index (χ2v) is 18.1. The van der Waals surface area contributed by atoms with Gasteiger partial charge in [-0.1, -0.05) is 159 Å². The summed E-state index contributed by atoms with van der Waals surface area (Å²) >= 11 is 3.68. The number of hydrogen-bond acceptors (Lipinski definition) is 0. The molecule has 230 valence electrons. The van der Waals surface area contributed by atoms with E-state index in [0.29, 0.717) is 0 Å². The summed E-state index contributed by atoms with van der Waals surface area (Å²) in [5, 5.41) is 0. The SMILES string of the molecule is CC1=Cc2cc(C(C)(C)C)cc(-c3cc(C(C)(C)C)cc(C(C)(C)C)c3)c2C1.CC1=Cc2cc(C(C)(C)C)cc(Br)c2C1. The monoisotopic (exact) mass is 638 g/mol.